The van der Waals surface area contributed by atoms with E-state index in [1.165, 1.54) is 18.2 Å². The number of guanidine groups is 1. The molecule has 0 unspecified atom stereocenters. The quantitative estimate of drug-likeness (QED) is 0.432. The highest BCUT2D eigenvalue weighted by Crippen LogP contribution is 2.18. The third-order valence-electron chi connectivity index (χ3n) is 5.39. The van der Waals surface area contributed by atoms with Gasteiger partial charge in [0.05, 0.1) is 26.2 Å². The first-order valence-corrected chi connectivity index (χ1v) is 10.4. The smallest absolute Gasteiger partial charge is 0.308 e. The van der Waals surface area contributed by atoms with Crippen LogP contribution in [-0.4, -0.2) is 44.1 Å². The van der Waals surface area contributed by atoms with Crippen LogP contribution in [-0.2, 0) is 34.0 Å². The molecule has 3 rings (SSSR count). The second kappa shape index (κ2) is 11.4. The summed E-state index contributed by atoms with van der Waals surface area (Å²) in [5, 5.41) is 3.43. The largest absolute Gasteiger partial charge is 0.469 e. The topological polar surface area (TPSA) is 63.2 Å². The fraction of sp³-hybridized carbons (Fsp3) is 0.417. The molecule has 1 aliphatic heterocycles. The normalized spacial score (nSPS) is 15.1. The van der Waals surface area contributed by atoms with Gasteiger partial charge in [0, 0.05) is 26.7 Å². The number of carbonyl (C=O) groups is 1. The average Bonchev–Trinajstić information content (AvgIpc) is 2.81. The minimum absolute atomic E-state index is 0.000935. The Hall–Kier alpha value is -2.86. The van der Waals surface area contributed by atoms with Crippen molar-refractivity contribution in [1.29, 1.82) is 0 Å². The van der Waals surface area contributed by atoms with E-state index in [1.807, 2.05) is 18.2 Å². The van der Waals surface area contributed by atoms with Crippen molar-refractivity contribution in [2.75, 3.05) is 27.2 Å². The van der Waals surface area contributed by atoms with Crippen molar-refractivity contribution in [3.05, 3.63) is 71.3 Å². The number of benzene rings is 2. The lowest BCUT2D eigenvalue weighted by molar-refractivity contribution is -0.146. The van der Waals surface area contributed by atoms with Crippen molar-refractivity contribution < 1.29 is 14.3 Å². The number of likely N-dealkylation sites (tertiary alicyclic amines) is 1. The van der Waals surface area contributed by atoms with Gasteiger partial charge in [0.1, 0.15) is 0 Å². The Morgan fingerprint density at radius 3 is 2.20 bits per heavy atom. The molecule has 0 amide bonds. The van der Waals surface area contributed by atoms with Gasteiger partial charge in [-0.2, -0.15) is 0 Å². The van der Waals surface area contributed by atoms with Crippen LogP contribution < -0.4 is 5.32 Å². The molecule has 0 saturated carbocycles. The zero-order valence-electron chi connectivity index (χ0n) is 17.8. The number of piperidine rings is 1. The molecule has 1 saturated heterocycles. The number of esters is 1. The van der Waals surface area contributed by atoms with E-state index in [0.717, 1.165) is 37.5 Å². The summed E-state index contributed by atoms with van der Waals surface area (Å²) >= 11 is 0. The lowest BCUT2D eigenvalue weighted by Gasteiger charge is -2.33. The molecular formula is C24H31N3O3. The standard InChI is InChI=1S/C24H31N3O3/c1-25-24(27-14-12-22(13-15-27)23(28)29-2)26-16-19-8-10-21(11-9-19)18-30-17-20-6-4-3-5-7-20/h3-11,22H,12-18H2,1-2H3,(H,25,26). The number of methoxy groups -OCH3 is 1. The van der Waals surface area contributed by atoms with Gasteiger partial charge >= 0.3 is 5.97 Å². The Bertz CT molecular complexity index is 813. The molecule has 0 aliphatic carbocycles. The third-order valence-corrected chi connectivity index (χ3v) is 5.39. The van der Waals surface area contributed by atoms with Gasteiger partial charge in [-0.25, -0.2) is 0 Å². The molecule has 0 aromatic heterocycles. The number of carbonyl (C=O) groups excluding carboxylic acids is 1. The highest BCUT2D eigenvalue weighted by molar-refractivity contribution is 5.80. The van der Waals surface area contributed by atoms with Gasteiger partial charge in [-0.05, 0) is 29.5 Å². The van der Waals surface area contributed by atoms with Crippen LogP contribution in [0.25, 0.3) is 0 Å². The molecule has 2 aromatic rings. The summed E-state index contributed by atoms with van der Waals surface area (Å²) in [7, 11) is 3.25. The molecule has 0 spiro atoms. The van der Waals surface area contributed by atoms with Gasteiger partial charge in [-0.1, -0.05) is 54.6 Å². The zero-order chi connectivity index (χ0) is 21.2. The zero-order valence-corrected chi connectivity index (χ0v) is 17.8. The van der Waals surface area contributed by atoms with Crippen molar-refractivity contribution in [3.8, 4) is 0 Å². The molecule has 6 nitrogen and oxygen atoms in total. The summed E-state index contributed by atoms with van der Waals surface area (Å²) in [6, 6.07) is 18.6. The lowest BCUT2D eigenvalue weighted by Crippen LogP contribution is -2.46. The van der Waals surface area contributed by atoms with E-state index < -0.39 is 0 Å². The van der Waals surface area contributed by atoms with Crippen LogP contribution in [0, 0.1) is 5.92 Å². The van der Waals surface area contributed by atoms with E-state index in [2.05, 4.69) is 51.6 Å². The van der Waals surface area contributed by atoms with Gasteiger partial charge in [0.2, 0.25) is 0 Å². The summed E-state index contributed by atoms with van der Waals surface area (Å²) in [6.45, 7) is 3.52. The van der Waals surface area contributed by atoms with Crippen LogP contribution in [0.3, 0.4) is 0 Å². The number of rotatable bonds is 7. The van der Waals surface area contributed by atoms with E-state index in [0.29, 0.717) is 19.8 Å². The maximum Gasteiger partial charge on any atom is 0.308 e. The average molecular weight is 410 g/mol. The molecular weight excluding hydrogens is 378 g/mol. The van der Waals surface area contributed by atoms with Crippen LogP contribution in [0.2, 0.25) is 0 Å². The molecule has 30 heavy (non-hydrogen) atoms. The minimum atomic E-state index is -0.106. The molecule has 1 N–H and O–H groups in total. The number of hydrogen-bond acceptors (Lipinski definition) is 4. The SMILES string of the molecule is CN=C(NCc1ccc(COCc2ccccc2)cc1)N1CCC(C(=O)OC)CC1. The Balaban J connectivity index is 1.42. The van der Waals surface area contributed by atoms with Crippen LogP contribution in [0.15, 0.2) is 59.6 Å². The Labute approximate surface area is 178 Å². The maximum absolute atomic E-state index is 11.7. The number of hydrogen-bond donors (Lipinski definition) is 1. The van der Waals surface area contributed by atoms with Crippen LogP contribution in [0.1, 0.15) is 29.5 Å². The number of aliphatic imine (C=N–C) groups is 1. The fourth-order valence-electron chi connectivity index (χ4n) is 3.62. The second-order valence-electron chi connectivity index (χ2n) is 7.48. The highest BCUT2D eigenvalue weighted by atomic mass is 16.5. The molecule has 1 aliphatic rings. The molecule has 2 aromatic carbocycles. The van der Waals surface area contributed by atoms with Crippen molar-refractivity contribution in [2.24, 2.45) is 10.9 Å². The molecule has 160 valence electrons. The van der Waals surface area contributed by atoms with Gasteiger partial charge in [-0.3, -0.25) is 9.79 Å². The van der Waals surface area contributed by atoms with Gasteiger partial charge in [0.15, 0.2) is 5.96 Å². The van der Waals surface area contributed by atoms with E-state index in [4.69, 9.17) is 9.47 Å². The van der Waals surface area contributed by atoms with E-state index in [9.17, 15) is 4.79 Å². The second-order valence-corrected chi connectivity index (χ2v) is 7.48. The first-order valence-electron chi connectivity index (χ1n) is 10.4. The first-order chi connectivity index (χ1) is 14.7. The summed E-state index contributed by atoms with van der Waals surface area (Å²) in [6.07, 6.45) is 1.59. The molecule has 1 fully saturated rings. The summed E-state index contributed by atoms with van der Waals surface area (Å²) in [4.78, 5) is 18.3. The monoisotopic (exact) mass is 409 g/mol. The number of nitrogens with zero attached hydrogens (tertiary/aromatic N) is 2. The molecule has 6 heteroatoms. The number of nitrogens with one attached hydrogen (secondary N) is 1. The lowest BCUT2D eigenvalue weighted by atomic mass is 9.97. The van der Waals surface area contributed by atoms with E-state index >= 15 is 0 Å². The predicted molar refractivity (Wildman–Crippen MR) is 118 cm³/mol. The first kappa shape index (κ1) is 21.8. The molecule has 1 heterocycles. The highest BCUT2D eigenvalue weighted by Gasteiger charge is 2.26. The van der Waals surface area contributed by atoms with Crippen molar-refractivity contribution in [2.45, 2.75) is 32.6 Å². The van der Waals surface area contributed by atoms with Crippen LogP contribution in [0.4, 0.5) is 0 Å². The Morgan fingerprint density at radius 2 is 1.60 bits per heavy atom. The molecule has 0 atom stereocenters. The molecule has 0 bridgehead atoms. The van der Waals surface area contributed by atoms with E-state index in [-0.39, 0.29) is 11.9 Å². The van der Waals surface area contributed by atoms with Gasteiger partial charge in [-0.15, -0.1) is 0 Å². The van der Waals surface area contributed by atoms with Crippen molar-refractivity contribution >= 4 is 11.9 Å². The van der Waals surface area contributed by atoms with Gasteiger partial charge < -0.3 is 19.7 Å². The minimum Gasteiger partial charge on any atom is -0.469 e. The Morgan fingerprint density at radius 1 is 1.00 bits per heavy atom. The van der Waals surface area contributed by atoms with Crippen molar-refractivity contribution in [3.63, 3.8) is 0 Å². The summed E-state index contributed by atoms with van der Waals surface area (Å²) in [5.74, 6) is 0.764. The Kier molecular flexibility index (Phi) is 8.27. The predicted octanol–water partition coefficient (Wildman–Crippen LogP) is 3.36. The summed E-state index contributed by atoms with van der Waals surface area (Å²) < 4.78 is 10.7. The van der Waals surface area contributed by atoms with Crippen LogP contribution in [0.5, 0.6) is 0 Å². The van der Waals surface area contributed by atoms with E-state index in [1.54, 1.807) is 7.05 Å². The maximum atomic E-state index is 11.7. The van der Waals surface area contributed by atoms with Crippen molar-refractivity contribution in [1.82, 2.24) is 10.2 Å². The third kappa shape index (κ3) is 6.32. The summed E-state index contributed by atoms with van der Waals surface area (Å²) in [5.41, 5.74) is 3.52. The van der Waals surface area contributed by atoms with Crippen LogP contribution >= 0.6 is 0 Å². The van der Waals surface area contributed by atoms with Gasteiger partial charge in [0.25, 0.3) is 0 Å². The number of ether oxygens (including phenoxy) is 2. The fourth-order valence-corrected chi connectivity index (χ4v) is 3.62. The molecule has 0 radical (unpaired) electrons.